The van der Waals surface area contributed by atoms with Gasteiger partial charge in [0.05, 0.1) is 24.5 Å². The Morgan fingerprint density at radius 1 is 1.16 bits per heavy atom. The molecule has 0 spiro atoms. The van der Waals surface area contributed by atoms with Crippen molar-refractivity contribution in [3.8, 4) is 11.3 Å². The van der Waals surface area contributed by atoms with Gasteiger partial charge in [0, 0.05) is 37.1 Å². The van der Waals surface area contributed by atoms with Gasteiger partial charge in [-0.1, -0.05) is 12.1 Å². The first-order chi connectivity index (χ1) is 15.0. The third-order valence-corrected chi connectivity index (χ3v) is 5.05. The molecule has 0 aliphatic carbocycles. The SMILES string of the molecule is Cc1ccc([C@@H](CO)n2ccc(-c3ccnc(Nc4ccnn4C)n3)cc2=O)cc1F. The Labute approximate surface area is 177 Å². The molecule has 8 nitrogen and oxygen atoms in total. The lowest BCUT2D eigenvalue weighted by Gasteiger charge is -2.19. The average Bonchev–Trinajstić information content (AvgIpc) is 3.16. The van der Waals surface area contributed by atoms with E-state index in [1.807, 2.05) is 0 Å². The van der Waals surface area contributed by atoms with Gasteiger partial charge in [-0.25, -0.2) is 14.4 Å². The van der Waals surface area contributed by atoms with E-state index in [9.17, 15) is 14.3 Å². The Morgan fingerprint density at radius 3 is 2.68 bits per heavy atom. The molecule has 0 bridgehead atoms. The summed E-state index contributed by atoms with van der Waals surface area (Å²) in [5.41, 5.74) is 1.85. The van der Waals surface area contributed by atoms with Crippen molar-refractivity contribution < 1.29 is 9.50 Å². The van der Waals surface area contributed by atoms with E-state index in [0.717, 1.165) is 5.82 Å². The van der Waals surface area contributed by atoms with Crippen LogP contribution in [0.5, 0.6) is 0 Å². The van der Waals surface area contributed by atoms with Gasteiger partial charge in [-0.15, -0.1) is 0 Å². The van der Waals surface area contributed by atoms with Crippen molar-refractivity contribution in [2.45, 2.75) is 13.0 Å². The standard InChI is InChI=1S/C22H21FN6O2/c1-14-3-4-16(11-17(14)23)19(13-30)29-10-7-15(12-21(29)31)18-5-8-24-22(26-18)27-20-6-9-25-28(20)2/h3-12,19,30H,13H2,1-2H3,(H,24,26,27)/t19-/m1/s1. The summed E-state index contributed by atoms with van der Waals surface area (Å²) in [6, 6.07) is 10.6. The van der Waals surface area contributed by atoms with Gasteiger partial charge in [-0.3, -0.25) is 9.48 Å². The average molecular weight is 420 g/mol. The second-order valence-electron chi connectivity index (χ2n) is 7.10. The van der Waals surface area contributed by atoms with E-state index in [1.165, 1.54) is 16.7 Å². The van der Waals surface area contributed by atoms with Crippen LogP contribution in [-0.2, 0) is 7.05 Å². The molecule has 0 amide bonds. The first-order valence-corrected chi connectivity index (χ1v) is 9.64. The van der Waals surface area contributed by atoms with Crippen molar-refractivity contribution in [2.24, 2.45) is 7.05 Å². The van der Waals surface area contributed by atoms with Gasteiger partial charge in [0.1, 0.15) is 11.6 Å². The Morgan fingerprint density at radius 2 is 2.00 bits per heavy atom. The number of aryl methyl sites for hydroxylation is 2. The highest BCUT2D eigenvalue weighted by Gasteiger charge is 2.16. The van der Waals surface area contributed by atoms with Gasteiger partial charge in [0.2, 0.25) is 5.95 Å². The van der Waals surface area contributed by atoms with Crippen molar-refractivity contribution in [3.05, 3.63) is 88.4 Å². The summed E-state index contributed by atoms with van der Waals surface area (Å²) >= 11 is 0. The molecule has 1 atom stereocenters. The quantitative estimate of drug-likeness (QED) is 0.498. The first-order valence-electron chi connectivity index (χ1n) is 9.64. The van der Waals surface area contributed by atoms with E-state index in [0.29, 0.717) is 28.3 Å². The second-order valence-corrected chi connectivity index (χ2v) is 7.10. The van der Waals surface area contributed by atoms with Crippen LogP contribution in [0.1, 0.15) is 17.2 Å². The maximum Gasteiger partial charge on any atom is 0.251 e. The van der Waals surface area contributed by atoms with Gasteiger partial charge in [0.25, 0.3) is 5.56 Å². The maximum absolute atomic E-state index is 14.0. The molecule has 0 fully saturated rings. The van der Waals surface area contributed by atoms with Crippen molar-refractivity contribution in [3.63, 3.8) is 0 Å². The fraction of sp³-hybridized carbons (Fsp3) is 0.182. The third-order valence-electron chi connectivity index (χ3n) is 5.05. The van der Waals surface area contributed by atoms with Crippen LogP contribution in [0.3, 0.4) is 0 Å². The minimum Gasteiger partial charge on any atom is -0.394 e. The van der Waals surface area contributed by atoms with Gasteiger partial charge in [-0.2, -0.15) is 5.10 Å². The summed E-state index contributed by atoms with van der Waals surface area (Å²) in [4.78, 5) is 21.5. The molecule has 0 saturated heterocycles. The molecule has 158 valence electrons. The van der Waals surface area contributed by atoms with Crippen LogP contribution in [0.2, 0.25) is 0 Å². The van der Waals surface area contributed by atoms with Crippen LogP contribution in [-0.4, -0.2) is 36.0 Å². The number of hydrogen-bond donors (Lipinski definition) is 2. The lowest BCUT2D eigenvalue weighted by molar-refractivity contribution is 0.246. The van der Waals surface area contributed by atoms with E-state index < -0.39 is 6.04 Å². The highest BCUT2D eigenvalue weighted by atomic mass is 19.1. The molecule has 4 aromatic rings. The Hall–Kier alpha value is -3.85. The molecule has 31 heavy (non-hydrogen) atoms. The van der Waals surface area contributed by atoms with Crippen LogP contribution < -0.4 is 10.9 Å². The van der Waals surface area contributed by atoms with Crippen molar-refractivity contribution in [1.82, 2.24) is 24.3 Å². The van der Waals surface area contributed by atoms with Gasteiger partial charge < -0.3 is 15.0 Å². The highest BCUT2D eigenvalue weighted by Crippen LogP contribution is 2.22. The van der Waals surface area contributed by atoms with Crippen LogP contribution in [0.25, 0.3) is 11.3 Å². The summed E-state index contributed by atoms with van der Waals surface area (Å²) in [7, 11) is 1.79. The van der Waals surface area contributed by atoms with Crippen LogP contribution in [0, 0.1) is 12.7 Å². The van der Waals surface area contributed by atoms with Crippen LogP contribution in [0.4, 0.5) is 16.2 Å². The summed E-state index contributed by atoms with van der Waals surface area (Å²) in [6.07, 6.45) is 4.83. The zero-order valence-electron chi connectivity index (χ0n) is 17.0. The van der Waals surface area contributed by atoms with E-state index in [1.54, 1.807) is 67.6 Å². The number of halogens is 1. The molecule has 3 aromatic heterocycles. The fourth-order valence-electron chi connectivity index (χ4n) is 3.27. The largest absolute Gasteiger partial charge is 0.394 e. The number of aliphatic hydroxyl groups is 1. The van der Waals surface area contributed by atoms with E-state index in [2.05, 4.69) is 20.4 Å². The number of rotatable bonds is 6. The Balaban J connectivity index is 1.64. The zero-order valence-corrected chi connectivity index (χ0v) is 17.0. The Kier molecular flexibility index (Phi) is 5.59. The number of nitrogens with one attached hydrogen (secondary N) is 1. The number of pyridine rings is 1. The topological polar surface area (TPSA) is 97.9 Å². The Bertz CT molecular complexity index is 1280. The third kappa shape index (κ3) is 4.22. The molecule has 9 heteroatoms. The highest BCUT2D eigenvalue weighted by molar-refractivity contribution is 5.60. The van der Waals surface area contributed by atoms with Crippen molar-refractivity contribution in [1.29, 1.82) is 0 Å². The molecule has 1 aromatic carbocycles. The zero-order chi connectivity index (χ0) is 22.0. The number of benzene rings is 1. The molecule has 2 N–H and O–H groups in total. The normalized spacial score (nSPS) is 12.0. The molecule has 0 unspecified atom stereocenters. The molecule has 0 saturated carbocycles. The molecule has 0 aliphatic heterocycles. The number of anilines is 2. The molecular weight excluding hydrogens is 399 g/mol. The molecule has 4 rings (SSSR count). The van der Waals surface area contributed by atoms with E-state index in [4.69, 9.17) is 0 Å². The lowest BCUT2D eigenvalue weighted by atomic mass is 10.0. The van der Waals surface area contributed by atoms with Crippen molar-refractivity contribution in [2.75, 3.05) is 11.9 Å². The summed E-state index contributed by atoms with van der Waals surface area (Å²) in [5, 5.41) is 17.0. The lowest BCUT2D eigenvalue weighted by Crippen LogP contribution is -2.27. The smallest absolute Gasteiger partial charge is 0.251 e. The summed E-state index contributed by atoms with van der Waals surface area (Å²) in [5.74, 6) is 0.715. The maximum atomic E-state index is 14.0. The monoisotopic (exact) mass is 420 g/mol. The van der Waals surface area contributed by atoms with Crippen LogP contribution in [0.15, 0.2) is 65.8 Å². The predicted molar refractivity (Wildman–Crippen MR) is 115 cm³/mol. The minimum absolute atomic E-state index is 0.336. The first kappa shape index (κ1) is 20.4. The van der Waals surface area contributed by atoms with E-state index >= 15 is 0 Å². The molecule has 0 aliphatic rings. The van der Waals surface area contributed by atoms with Gasteiger partial charge in [0.15, 0.2) is 0 Å². The van der Waals surface area contributed by atoms with E-state index in [-0.39, 0.29) is 18.0 Å². The summed E-state index contributed by atoms with van der Waals surface area (Å²) in [6.45, 7) is 1.32. The van der Waals surface area contributed by atoms with Gasteiger partial charge in [-0.05, 0) is 36.2 Å². The second kappa shape index (κ2) is 8.49. The predicted octanol–water partition coefficient (Wildman–Crippen LogP) is 2.81. The molecule has 0 radical (unpaired) electrons. The van der Waals surface area contributed by atoms with Crippen LogP contribution >= 0.6 is 0 Å². The number of hydrogen-bond acceptors (Lipinski definition) is 6. The fourth-order valence-corrected chi connectivity index (χ4v) is 3.27. The number of aliphatic hydroxyl groups excluding tert-OH is 1. The van der Waals surface area contributed by atoms with Gasteiger partial charge >= 0.3 is 0 Å². The summed E-state index contributed by atoms with van der Waals surface area (Å²) < 4.78 is 17.0. The molecule has 3 heterocycles. The number of aromatic nitrogens is 5. The minimum atomic E-state index is -0.691. The number of nitrogens with zero attached hydrogens (tertiary/aromatic N) is 5. The molecular formula is C22H21FN6O2. The van der Waals surface area contributed by atoms with Crippen molar-refractivity contribution >= 4 is 11.8 Å².